The Morgan fingerprint density at radius 1 is 1.33 bits per heavy atom. The number of hydrogen-bond acceptors (Lipinski definition) is 3. The SMILES string of the molecule is CCN(CC1CCCO1)C(=O)C1CCCC(C)N1. The average Bonchev–Trinajstić information content (AvgIpc) is 2.88. The monoisotopic (exact) mass is 254 g/mol. The molecule has 4 nitrogen and oxygen atoms in total. The highest BCUT2D eigenvalue weighted by Crippen LogP contribution is 2.17. The van der Waals surface area contributed by atoms with Crippen LogP contribution in [0.3, 0.4) is 0 Å². The van der Waals surface area contributed by atoms with Crippen molar-refractivity contribution < 1.29 is 9.53 Å². The number of amides is 1. The van der Waals surface area contributed by atoms with Gasteiger partial charge in [-0.1, -0.05) is 0 Å². The average molecular weight is 254 g/mol. The maximum Gasteiger partial charge on any atom is 0.239 e. The maximum atomic E-state index is 12.5. The molecular weight excluding hydrogens is 228 g/mol. The molecule has 2 aliphatic heterocycles. The number of hydrogen-bond donors (Lipinski definition) is 1. The van der Waals surface area contributed by atoms with Crippen LogP contribution < -0.4 is 5.32 Å². The van der Waals surface area contributed by atoms with Gasteiger partial charge in [0, 0.05) is 25.7 Å². The molecule has 2 saturated heterocycles. The van der Waals surface area contributed by atoms with Crippen LogP contribution in [0, 0.1) is 0 Å². The largest absolute Gasteiger partial charge is 0.376 e. The molecule has 18 heavy (non-hydrogen) atoms. The molecule has 4 heteroatoms. The Morgan fingerprint density at radius 3 is 2.78 bits per heavy atom. The van der Waals surface area contributed by atoms with Crippen LogP contribution in [0.5, 0.6) is 0 Å². The minimum atomic E-state index is 0.0232. The predicted octanol–water partition coefficient (Wildman–Crippen LogP) is 1.54. The van der Waals surface area contributed by atoms with Gasteiger partial charge in [0.05, 0.1) is 12.1 Å². The van der Waals surface area contributed by atoms with E-state index < -0.39 is 0 Å². The van der Waals surface area contributed by atoms with Gasteiger partial charge in [0.2, 0.25) is 5.91 Å². The van der Waals surface area contributed by atoms with Gasteiger partial charge in [-0.15, -0.1) is 0 Å². The van der Waals surface area contributed by atoms with E-state index in [2.05, 4.69) is 19.2 Å². The summed E-state index contributed by atoms with van der Waals surface area (Å²) < 4.78 is 5.63. The first-order valence-corrected chi connectivity index (χ1v) is 7.37. The van der Waals surface area contributed by atoms with E-state index in [9.17, 15) is 4.79 Å². The third-order valence-corrected chi connectivity index (χ3v) is 4.06. The van der Waals surface area contributed by atoms with Crippen molar-refractivity contribution in [3.63, 3.8) is 0 Å². The highest BCUT2D eigenvalue weighted by molar-refractivity contribution is 5.82. The second-order valence-corrected chi connectivity index (χ2v) is 5.56. The third kappa shape index (κ3) is 3.45. The van der Waals surface area contributed by atoms with Gasteiger partial charge in [-0.2, -0.15) is 0 Å². The fraction of sp³-hybridized carbons (Fsp3) is 0.929. The number of ether oxygens (including phenoxy) is 1. The number of carbonyl (C=O) groups excluding carboxylic acids is 1. The van der Waals surface area contributed by atoms with Crippen molar-refractivity contribution in [1.29, 1.82) is 0 Å². The molecule has 1 amide bonds. The van der Waals surface area contributed by atoms with Crippen LogP contribution >= 0.6 is 0 Å². The molecule has 2 aliphatic rings. The van der Waals surface area contributed by atoms with Crippen LogP contribution in [0.15, 0.2) is 0 Å². The Morgan fingerprint density at radius 2 is 2.17 bits per heavy atom. The highest BCUT2D eigenvalue weighted by atomic mass is 16.5. The topological polar surface area (TPSA) is 41.6 Å². The van der Waals surface area contributed by atoms with E-state index in [-0.39, 0.29) is 18.1 Å². The fourth-order valence-electron chi connectivity index (χ4n) is 2.96. The number of rotatable bonds is 4. The molecule has 0 aliphatic carbocycles. The smallest absolute Gasteiger partial charge is 0.239 e. The summed E-state index contributed by atoms with van der Waals surface area (Å²) in [6.45, 7) is 6.62. The van der Waals surface area contributed by atoms with Gasteiger partial charge in [-0.3, -0.25) is 4.79 Å². The number of likely N-dealkylation sites (N-methyl/N-ethyl adjacent to an activating group) is 1. The molecule has 104 valence electrons. The molecule has 0 radical (unpaired) electrons. The van der Waals surface area contributed by atoms with Gasteiger partial charge in [-0.05, 0) is 46.0 Å². The van der Waals surface area contributed by atoms with E-state index in [0.717, 1.165) is 45.4 Å². The summed E-state index contributed by atoms with van der Waals surface area (Å²) in [7, 11) is 0. The minimum absolute atomic E-state index is 0.0232. The summed E-state index contributed by atoms with van der Waals surface area (Å²) in [4.78, 5) is 14.4. The number of nitrogens with one attached hydrogen (secondary N) is 1. The first-order valence-electron chi connectivity index (χ1n) is 7.37. The minimum Gasteiger partial charge on any atom is -0.376 e. The first kappa shape index (κ1) is 13.8. The van der Waals surface area contributed by atoms with Crippen LogP contribution in [0.25, 0.3) is 0 Å². The molecule has 0 aromatic heterocycles. The van der Waals surface area contributed by atoms with Crippen molar-refractivity contribution in [3.8, 4) is 0 Å². The lowest BCUT2D eigenvalue weighted by Gasteiger charge is -2.33. The molecule has 0 bridgehead atoms. The molecule has 0 saturated carbocycles. The van der Waals surface area contributed by atoms with Gasteiger partial charge >= 0.3 is 0 Å². The van der Waals surface area contributed by atoms with Gasteiger partial charge in [0.25, 0.3) is 0 Å². The van der Waals surface area contributed by atoms with Crippen molar-refractivity contribution in [1.82, 2.24) is 10.2 Å². The molecule has 1 N–H and O–H groups in total. The van der Waals surface area contributed by atoms with Crippen molar-refractivity contribution in [2.45, 2.75) is 64.1 Å². The summed E-state index contributed by atoms with van der Waals surface area (Å²) in [5.74, 6) is 0.263. The number of nitrogens with zero attached hydrogens (tertiary/aromatic N) is 1. The van der Waals surface area contributed by atoms with Crippen molar-refractivity contribution >= 4 is 5.91 Å². The van der Waals surface area contributed by atoms with E-state index in [1.54, 1.807) is 0 Å². The van der Waals surface area contributed by atoms with Gasteiger partial charge in [0.1, 0.15) is 0 Å². The molecular formula is C14H26N2O2. The summed E-state index contributed by atoms with van der Waals surface area (Å²) in [5.41, 5.74) is 0. The van der Waals surface area contributed by atoms with E-state index in [1.807, 2.05) is 4.90 Å². The molecule has 0 spiro atoms. The summed E-state index contributed by atoms with van der Waals surface area (Å²) in [5, 5.41) is 3.42. The Balaban J connectivity index is 1.87. The molecule has 0 aromatic rings. The van der Waals surface area contributed by atoms with E-state index in [0.29, 0.717) is 6.04 Å². The lowest BCUT2D eigenvalue weighted by Crippen LogP contribution is -2.52. The Bertz CT molecular complexity index is 277. The fourth-order valence-corrected chi connectivity index (χ4v) is 2.96. The third-order valence-electron chi connectivity index (χ3n) is 4.06. The highest BCUT2D eigenvalue weighted by Gasteiger charge is 2.29. The van der Waals surface area contributed by atoms with Crippen LogP contribution in [0.1, 0.15) is 46.0 Å². The summed E-state index contributed by atoms with van der Waals surface area (Å²) >= 11 is 0. The lowest BCUT2D eigenvalue weighted by molar-refractivity contribution is -0.135. The predicted molar refractivity (Wildman–Crippen MR) is 71.5 cm³/mol. The van der Waals surface area contributed by atoms with Gasteiger partial charge in [-0.25, -0.2) is 0 Å². The van der Waals surface area contributed by atoms with Crippen molar-refractivity contribution in [2.24, 2.45) is 0 Å². The Labute approximate surface area is 110 Å². The van der Waals surface area contributed by atoms with Crippen molar-refractivity contribution in [3.05, 3.63) is 0 Å². The van der Waals surface area contributed by atoms with Crippen molar-refractivity contribution in [2.75, 3.05) is 19.7 Å². The Hall–Kier alpha value is -0.610. The molecule has 2 rings (SSSR count). The normalized spacial score (nSPS) is 32.4. The quantitative estimate of drug-likeness (QED) is 0.827. The molecule has 3 unspecified atom stereocenters. The molecule has 3 atom stereocenters. The second-order valence-electron chi connectivity index (χ2n) is 5.56. The van der Waals surface area contributed by atoms with Crippen LogP contribution in [0.2, 0.25) is 0 Å². The van der Waals surface area contributed by atoms with Gasteiger partial charge in [0.15, 0.2) is 0 Å². The lowest BCUT2D eigenvalue weighted by atomic mass is 9.98. The number of piperidine rings is 1. The van der Waals surface area contributed by atoms with E-state index in [4.69, 9.17) is 4.74 Å². The first-order chi connectivity index (χ1) is 8.70. The number of carbonyl (C=O) groups is 1. The van der Waals surface area contributed by atoms with Gasteiger partial charge < -0.3 is 15.0 Å². The van der Waals surface area contributed by atoms with E-state index >= 15 is 0 Å². The molecule has 2 heterocycles. The zero-order valence-electron chi connectivity index (χ0n) is 11.7. The maximum absolute atomic E-state index is 12.5. The zero-order chi connectivity index (χ0) is 13.0. The van der Waals surface area contributed by atoms with Crippen LogP contribution in [-0.2, 0) is 9.53 Å². The van der Waals surface area contributed by atoms with Crippen LogP contribution in [-0.4, -0.2) is 48.7 Å². The Kier molecular flexibility index (Phi) is 5.01. The summed E-state index contributed by atoms with van der Waals surface area (Å²) in [6, 6.07) is 0.490. The zero-order valence-corrected chi connectivity index (χ0v) is 11.7. The van der Waals surface area contributed by atoms with Crippen LogP contribution in [0.4, 0.5) is 0 Å². The summed E-state index contributed by atoms with van der Waals surface area (Å²) in [6.07, 6.45) is 5.80. The molecule has 2 fully saturated rings. The standard InChI is InChI=1S/C14H26N2O2/c1-3-16(10-12-7-5-9-18-12)14(17)13-8-4-6-11(2)15-13/h11-13,15H,3-10H2,1-2H3. The van der Waals surface area contributed by atoms with E-state index in [1.165, 1.54) is 6.42 Å². The molecule has 0 aromatic carbocycles. The second kappa shape index (κ2) is 6.53.